The van der Waals surface area contributed by atoms with Crippen molar-refractivity contribution in [3.63, 3.8) is 0 Å². The fourth-order valence-corrected chi connectivity index (χ4v) is 3.85. The average Bonchev–Trinajstić information content (AvgIpc) is 3.29. The van der Waals surface area contributed by atoms with Crippen molar-refractivity contribution >= 4 is 38.7 Å². The summed E-state index contributed by atoms with van der Waals surface area (Å²) in [5, 5.41) is 3.21. The van der Waals surface area contributed by atoms with E-state index in [1.807, 2.05) is 30.3 Å². The molecule has 0 radical (unpaired) electrons. The van der Waals surface area contributed by atoms with Crippen LogP contribution >= 0.6 is 0 Å². The molecule has 0 fully saturated rings. The third kappa shape index (κ3) is 1.51. The van der Waals surface area contributed by atoms with Gasteiger partial charge in [0, 0.05) is 17.0 Å². The Kier molecular flexibility index (Phi) is 2.16. The largest absolute Gasteiger partial charge is 0.435 e. The van der Waals surface area contributed by atoms with Gasteiger partial charge < -0.3 is 4.42 Å². The predicted molar refractivity (Wildman–Crippen MR) is 93.9 cm³/mol. The molecule has 6 rings (SSSR count). The Balaban J connectivity index is 1.79. The van der Waals surface area contributed by atoms with E-state index in [1.165, 1.54) is 5.56 Å². The minimum atomic E-state index is 0.640. The van der Waals surface area contributed by atoms with Gasteiger partial charge in [0.05, 0.1) is 17.5 Å². The van der Waals surface area contributed by atoms with Crippen molar-refractivity contribution in [1.82, 2.24) is 9.67 Å². The zero-order chi connectivity index (χ0) is 16.5. The van der Waals surface area contributed by atoms with Crippen LogP contribution in [0.4, 0.5) is 5.69 Å². The Morgan fingerprint density at radius 2 is 2.12 bits per heavy atom. The van der Waals surface area contributed by atoms with Crippen molar-refractivity contribution in [2.24, 2.45) is 0 Å². The maximum atomic E-state index is 7.30. The number of furan rings is 1. The van der Waals surface area contributed by atoms with Crippen molar-refractivity contribution in [3.05, 3.63) is 71.8 Å². The maximum Gasteiger partial charge on any atom is 0.227 e. The molecule has 3 aromatic heterocycles. The third-order valence-corrected chi connectivity index (χ3v) is 4.94. The zero-order valence-electron chi connectivity index (χ0n) is 13.1. The fraction of sp³-hybridized carbons (Fsp3) is 0.0500. The Morgan fingerprint density at radius 3 is 3.04 bits per heavy atom. The second kappa shape index (κ2) is 4.25. The van der Waals surface area contributed by atoms with Gasteiger partial charge in [-0.1, -0.05) is 12.1 Å². The number of rotatable bonds is 0. The Morgan fingerprint density at radius 1 is 1.16 bits per heavy atom. The van der Waals surface area contributed by atoms with Crippen molar-refractivity contribution in [1.29, 1.82) is 0 Å². The predicted octanol–water partition coefficient (Wildman–Crippen LogP) is 4.12. The average molecular weight is 323 g/mol. The van der Waals surface area contributed by atoms with Gasteiger partial charge in [-0.3, -0.25) is 0 Å². The van der Waals surface area contributed by atoms with Crippen LogP contribution < -0.4 is 4.68 Å². The lowest BCUT2D eigenvalue weighted by Crippen LogP contribution is -2.36. The van der Waals surface area contributed by atoms with Gasteiger partial charge in [-0.25, -0.2) is 9.83 Å². The highest BCUT2D eigenvalue weighted by atomic mass is 16.3. The number of benzene rings is 2. The summed E-state index contributed by atoms with van der Waals surface area (Å²) >= 11 is 0. The quantitative estimate of drug-likeness (QED) is 0.311. The minimum absolute atomic E-state index is 0.640. The Labute approximate surface area is 142 Å². The first kappa shape index (κ1) is 12.7. The molecule has 0 bridgehead atoms. The van der Waals surface area contributed by atoms with Gasteiger partial charge in [0.1, 0.15) is 5.52 Å². The van der Waals surface area contributed by atoms with Crippen LogP contribution in [0.15, 0.2) is 59.3 Å². The summed E-state index contributed by atoms with van der Waals surface area (Å²) < 4.78 is 10.4. The SMILES string of the molecule is [C-]#[N+]c1ccc2c[n+]3n(c2c1)-c1c(ccc2c1oc1ncccc12)C3. The van der Waals surface area contributed by atoms with Gasteiger partial charge in [-0.05, 0) is 30.3 Å². The molecule has 1 aliphatic rings. The van der Waals surface area contributed by atoms with E-state index in [4.69, 9.17) is 11.0 Å². The molecule has 0 saturated heterocycles. The summed E-state index contributed by atoms with van der Waals surface area (Å²) in [5.74, 6) is 0. The molecule has 5 heteroatoms. The molecule has 116 valence electrons. The lowest BCUT2D eigenvalue weighted by atomic mass is 10.1. The second-order valence-electron chi connectivity index (χ2n) is 6.30. The first-order valence-corrected chi connectivity index (χ1v) is 8.06. The van der Waals surface area contributed by atoms with E-state index in [0.29, 0.717) is 11.4 Å². The molecule has 0 amide bonds. The van der Waals surface area contributed by atoms with Crippen LogP contribution in [-0.2, 0) is 6.54 Å². The monoisotopic (exact) mass is 323 g/mol. The molecule has 0 unspecified atom stereocenters. The van der Waals surface area contributed by atoms with Gasteiger partial charge >= 0.3 is 0 Å². The minimum Gasteiger partial charge on any atom is -0.435 e. The summed E-state index contributed by atoms with van der Waals surface area (Å²) in [6.07, 6.45) is 3.87. The van der Waals surface area contributed by atoms with Crippen molar-refractivity contribution < 1.29 is 9.10 Å². The lowest BCUT2D eigenvalue weighted by molar-refractivity contribution is -0.749. The van der Waals surface area contributed by atoms with Gasteiger partial charge in [0.2, 0.25) is 11.9 Å². The molecule has 5 nitrogen and oxygen atoms in total. The van der Waals surface area contributed by atoms with E-state index in [-0.39, 0.29) is 0 Å². The van der Waals surface area contributed by atoms with Crippen molar-refractivity contribution in [3.8, 4) is 5.69 Å². The first-order valence-electron chi connectivity index (χ1n) is 8.06. The number of fused-ring (bicyclic) bond motifs is 9. The van der Waals surface area contributed by atoms with Crippen LogP contribution in [0, 0.1) is 6.57 Å². The normalized spacial score (nSPS) is 12.6. The molecule has 4 heterocycles. The summed E-state index contributed by atoms with van der Waals surface area (Å²) in [7, 11) is 0. The molecule has 0 atom stereocenters. The highest BCUT2D eigenvalue weighted by Crippen LogP contribution is 2.37. The second-order valence-corrected chi connectivity index (χ2v) is 6.30. The molecule has 2 aromatic carbocycles. The van der Waals surface area contributed by atoms with E-state index in [0.717, 1.165) is 39.5 Å². The Hall–Kier alpha value is -3.65. The van der Waals surface area contributed by atoms with E-state index >= 15 is 0 Å². The Bertz CT molecular complexity index is 1380. The van der Waals surface area contributed by atoms with Crippen LogP contribution in [0.1, 0.15) is 5.56 Å². The number of aromatic nitrogens is 3. The van der Waals surface area contributed by atoms with Crippen LogP contribution in [0.25, 0.3) is 43.5 Å². The summed E-state index contributed by atoms with van der Waals surface area (Å²) in [5.41, 5.74) is 5.43. The molecule has 0 aliphatic carbocycles. The van der Waals surface area contributed by atoms with Crippen LogP contribution in [0.2, 0.25) is 0 Å². The van der Waals surface area contributed by atoms with Gasteiger partial charge in [-0.15, -0.1) is 9.36 Å². The van der Waals surface area contributed by atoms with Crippen LogP contribution in [0.5, 0.6) is 0 Å². The van der Waals surface area contributed by atoms with Crippen molar-refractivity contribution in [2.45, 2.75) is 6.54 Å². The smallest absolute Gasteiger partial charge is 0.227 e. The highest BCUT2D eigenvalue weighted by molar-refractivity contribution is 6.07. The molecule has 0 spiro atoms. The molecular weight excluding hydrogens is 312 g/mol. The fourth-order valence-electron chi connectivity index (χ4n) is 3.85. The molecular formula is C20H11N4O+. The van der Waals surface area contributed by atoms with E-state index in [1.54, 1.807) is 6.20 Å². The van der Waals surface area contributed by atoms with Gasteiger partial charge in [0.25, 0.3) is 0 Å². The van der Waals surface area contributed by atoms with Crippen LogP contribution in [-0.4, -0.2) is 9.67 Å². The number of pyridine rings is 1. The highest BCUT2D eigenvalue weighted by Gasteiger charge is 2.32. The summed E-state index contributed by atoms with van der Waals surface area (Å²) in [4.78, 5) is 7.93. The number of nitrogens with zero attached hydrogens (tertiary/aromatic N) is 4. The van der Waals surface area contributed by atoms with Crippen molar-refractivity contribution in [2.75, 3.05) is 0 Å². The first-order chi connectivity index (χ1) is 12.3. The molecule has 25 heavy (non-hydrogen) atoms. The molecule has 5 aromatic rings. The molecule has 1 aliphatic heterocycles. The summed E-state index contributed by atoms with van der Waals surface area (Å²) in [6.45, 7) is 8.09. The van der Waals surface area contributed by atoms with E-state index in [9.17, 15) is 0 Å². The maximum absolute atomic E-state index is 7.30. The van der Waals surface area contributed by atoms with Crippen LogP contribution in [0.3, 0.4) is 0 Å². The topological polar surface area (TPSA) is 39.2 Å². The van der Waals surface area contributed by atoms with E-state index in [2.05, 4.69) is 37.5 Å². The van der Waals surface area contributed by atoms with Gasteiger partial charge in [-0.2, -0.15) is 0 Å². The molecule has 0 saturated carbocycles. The standard InChI is InChI=1S/C20H11N4O/c1-21-14-6-4-12-10-23-11-13-5-7-15-16-3-2-8-22-20(16)25-19(15)18(13)24(23)17(12)9-14/h2-10H,11H2/q+1. The summed E-state index contributed by atoms with van der Waals surface area (Å²) in [6, 6.07) is 14.0. The van der Waals surface area contributed by atoms with Gasteiger partial charge in [0.15, 0.2) is 23.5 Å². The molecule has 0 N–H and O–H groups in total. The lowest BCUT2D eigenvalue weighted by Gasteiger charge is -2.00. The van der Waals surface area contributed by atoms with E-state index < -0.39 is 0 Å². The number of hydrogen-bond donors (Lipinski definition) is 0. The third-order valence-electron chi connectivity index (χ3n) is 4.94. The zero-order valence-corrected chi connectivity index (χ0v) is 13.1. The number of hydrogen-bond acceptors (Lipinski definition) is 2.